The Morgan fingerprint density at radius 3 is 2.63 bits per heavy atom. The van der Waals surface area contributed by atoms with Crippen molar-refractivity contribution in [3.05, 3.63) is 75.9 Å². The minimum Gasteiger partial charge on any atom is -0.493 e. The Balaban J connectivity index is 1.73. The molecule has 4 rings (SSSR count). The Hall–Kier alpha value is -3.12. The maximum absolute atomic E-state index is 12.5. The number of benzene rings is 3. The summed E-state index contributed by atoms with van der Waals surface area (Å²) >= 11 is 3.52. The van der Waals surface area contributed by atoms with Gasteiger partial charge in [0.15, 0.2) is 17.2 Å². The summed E-state index contributed by atoms with van der Waals surface area (Å²) in [5, 5.41) is 2.04. The van der Waals surface area contributed by atoms with Crippen LogP contribution >= 0.6 is 15.9 Å². The van der Waals surface area contributed by atoms with Crippen LogP contribution in [0.25, 0.3) is 16.8 Å². The van der Waals surface area contributed by atoms with E-state index in [4.69, 9.17) is 14.2 Å². The number of esters is 1. The normalized spacial score (nSPS) is 14.9. The number of aliphatic imine (C=N–C) groups is 1. The summed E-state index contributed by atoms with van der Waals surface area (Å²) < 4.78 is 17.5. The molecule has 0 spiro atoms. The lowest BCUT2D eigenvalue weighted by atomic mass is 10.0. The first-order valence-corrected chi connectivity index (χ1v) is 10.3. The van der Waals surface area contributed by atoms with Gasteiger partial charge in [0.2, 0.25) is 5.90 Å². The van der Waals surface area contributed by atoms with Crippen molar-refractivity contribution >= 4 is 44.6 Å². The summed E-state index contributed by atoms with van der Waals surface area (Å²) in [6.45, 7) is 3.89. The molecule has 3 aromatic carbocycles. The molecular weight excluding hydrogens is 446 g/mol. The van der Waals surface area contributed by atoms with E-state index in [-0.39, 0.29) is 11.8 Å². The number of carbonyl (C=O) groups excluding carboxylic acids is 1. The van der Waals surface area contributed by atoms with Crippen molar-refractivity contribution in [2.24, 2.45) is 4.99 Å². The Bertz CT molecular complexity index is 1190. The molecule has 1 aliphatic rings. The van der Waals surface area contributed by atoms with Crippen LogP contribution < -0.4 is 9.47 Å². The Morgan fingerprint density at radius 1 is 1.10 bits per heavy atom. The molecule has 0 fully saturated rings. The van der Waals surface area contributed by atoms with E-state index in [2.05, 4.69) is 20.9 Å². The number of methoxy groups -OCH3 is 1. The van der Waals surface area contributed by atoms with E-state index < -0.39 is 5.97 Å². The third kappa shape index (κ3) is 3.96. The molecule has 0 saturated carbocycles. The largest absolute Gasteiger partial charge is 0.493 e. The Labute approximate surface area is 183 Å². The van der Waals surface area contributed by atoms with Gasteiger partial charge in [-0.3, -0.25) is 0 Å². The molecule has 6 heteroatoms. The van der Waals surface area contributed by atoms with Crippen LogP contribution in [0.3, 0.4) is 0 Å². The van der Waals surface area contributed by atoms with Crippen molar-refractivity contribution in [2.45, 2.75) is 20.0 Å². The summed E-state index contributed by atoms with van der Waals surface area (Å²) in [5.41, 5.74) is 1.75. The first-order chi connectivity index (χ1) is 14.5. The predicted molar refractivity (Wildman–Crippen MR) is 121 cm³/mol. The van der Waals surface area contributed by atoms with Crippen LogP contribution in [0.15, 0.2) is 69.8 Å². The molecule has 0 amide bonds. The van der Waals surface area contributed by atoms with Gasteiger partial charge in [-0.25, -0.2) is 9.79 Å². The molecule has 0 radical (unpaired) electrons. The molecule has 0 aromatic heterocycles. The van der Waals surface area contributed by atoms with Gasteiger partial charge in [0, 0.05) is 5.56 Å². The fraction of sp³-hybridized carbons (Fsp3) is 0.167. The monoisotopic (exact) mass is 465 g/mol. The average molecular weight is 466 g/mol. The summed E-state index contributed by atoms with van der Waals surface area (Å²) in [5.74, 6) is 0.988. The Morgan fingerprint density at radius 2 is 1.87 bits per heavy atom. The number of cyclic esters (lactones) is 1. The van der Waals surface area contributed by atoms with E-state index in [0.717, 1.165) is 26.4 Å². The molecule has 1 heterocycles. The fourth-order valence-electron chi connectivity index (χ4n) is 3.27. The fourth-order valence-corrected chi connectivity index (χ4v) is 3.82. The molecule has 5 nitrogen and oxygen atoms in total. The second kappa shape index (κ2) is 8.32. The molecule has 0 unspecified atom stereocenters. The molecule has 0 saturated heterocycles. The number of hydrogen-bond acceptors (Lipinski definition) is 5. The molecule has 152 valence electrons. The summed E-state index contributed by atoms with van der Waals surface area (Å²) in [6, 6.07) is 17.4. The van der Waals surface area contributed by atoms with Gasteiger partial charge in [0.1, 0.15) is 0 Å². The number of nitrogens with zero attached hydrogens (tertiary/aromatic N) is 1. The summed E-state index contributed by atoms with van der Waals surface area (Å²) in [4.78, 5) is 16.9. The molecule has 0 aliphatic carbocycles. The van der Waals surface area contributed by atoms with Crippen molar-refractivity contribution in [1.82, 2.24) is 0 Å². The van der Waals surface area contributed by atoms with Crippen molar-refractivity contribution in [3.8, 4) is 11.5 Å². The predicted octanol–water partition coefficient (Wildman–Crippen LogP) is 5.74. The van der Waals surface area contributed by atoms with Gasteiger partial charge in [-0.05, 0) is 70.4 Å². The second-order valence-corrected chi connectivity index (χ2v) is 7.92. The molecule has 3 aromatic rings. The Kier molecular flexibility index (Phi) is 5.59. The molecule has 0 N–H and O–H groups in total. The number of rotatable bonds is 5. The van der Waals surface area contributed by atoms with Gasteiger partial charge in [0.05, 0.1) is 17.7 Å². The first-order valence-electron chi connectivity index (χ1n) is 9.51. The first kappa shape index (κ1) is 20.2. The summed E-state index contributed by atoms with van der Waals surface area (Å²) in [7, 11) is 1.58. The van der Waals surface area contributed by atoms with Gasteiger partial charge in [-0.1, -0.05) is 36.4 Å². The molecule has 30 heavy (non-hydrogen) atoms. The molecular formula is C24H20BrNO4. The quantitative estimate of drug-likeness (QED) is 0.355. The van der Waals surface area contributed by atoms with E-state index in [9.17, 15) is 4.79 Å². The maximum atomic E-state index is 12.5. The highest BCUT2D eigenvalue weighted by Gasteiger charge is 2.25. The third-order valence-electron chi connectivity index (χ3n) is 4.55. The number of ether oxygens (including phenoxy) is 3. The van der Waals surface area contributed by atoms with E-state index in [1.165, 1.54) is 0 Å². The third-order valence-corrected chi connectivity index (χ3v) is 5.14. The SMILES string of the molecule is COc1cc(C=C2N=C(c3cccc4ccccc34)OC2=O)cc(Br)c1OC(C)C. The van der Waals surface area contributed by atoms with Gasteiger partial charge in [-0.2, -0.15) is 0 Å². The van der Waals surface area contributed by atoms with Gasteiger partial charge < -0.3 is 14.2 Å². The van der Waals surface area contributed by atoms with Crippen LogP contribution in [-0.2, 0) is 9.53 Å². The van der Waals surface area contributed by atoms with Crippen molar-refractivity contribution < 1.29 is 19.0 Å². The van der Waals surface area contributed by atoms with E-state index in [1.54, 1.807) is 19.3 Å². The van der Waals surface area contributed by atoms with E-state index in [0.29, 0.717) is 17.4 Å². The smallest absolute Gasteiger partial charge is 0.363 e. The van der Waals surface area contributed by atoms with E-state index >= 15 is 0 Å². The van der Waals surface area contributed by atoms with Gasteiger partial charge in [-0.15, -0.1) is 0 Å². The van der Waals surface area contributed by atoms with Crippen LogP contribution in [0.4, 0.5) is 0 Å². The van der Waals surface area contributed by atoms with E-state index in [1.807, 2.05) is 62.4 Å². The standard InChI is InChI=1S/C24H20BrNO4/c1-14(2)29-22-19(25)11-15(13-21(22)28-3)12-20-24(27)30-23(26-20)18-10-6-8-16-7-4-5-9-17(16)18/h4-14H,1-3H3. The highest BCUT2D eigenvalue weighted by Crippen LogP contribution is 2.38. The van der Waals surface area contributed by atoms with Crippen LogP contribution in [0.1, 0.15) is 25.0 Å². The van der Waals surface area contributed by atoms with Gasteiger partial charge >= 0.3 is 5.97 Å². The van der Waals surface area contributed by atoms with Crippen LogP contribution in [0.2, 0.25) is 0 Å². The van der Waals surface area contributed by atoms with Crippen LogP contribution in [0.5, 0.6) is 11.5 Å². The average Bonchev–Trinajstić information content (AvgIpc) is 3.09. The minimum atomic E-state index is -0.490. The lowest BCUT2D eigenvalue weighted by Gasteiger charge is -2.15. The molecule has 0 atom stereocenters. The second-order valence-electron chi connectivity index (χ2n) is 7.06. The number of halogens is 1. The topological polar surface area (TPSA) is 57.1 Å². The molecule has 0 bridgehead atoms. The van der Waals surface area contributed by atoms with Crippen LogP contribution in [0, 0.1) is 0 Å². The highest BCUT2D eigenvalue weighted by molar-refractivity contribution is 9.10. The zero-order chi connectivity index (χ0) is 21.3. The van der Waals surface area contributed by atoms with Gasteiger partial charge in [0.25, 0.3) is 0 Å². The van der Waals surface area contributed by atoms with Crippen molar-refractivity contribution in [3.63, 3.8) is 0 Å². The maximum Gasteiger partial charge on any atom is 0.363 e. The number of hydrogen-bond donors (Lipinski definition) is 0. The minimum absolute atomic E-state index is 0.00271. The zero-order valence-electron chi connectivity index (χ0n) is 16.8. The highest BCUT2D eigenvalue weighted by atomic mass is 79.9. The van der Waals surface area contributed by atoms with Crippen LogP contribution in [-0.4, -0.2) is 25.1 Å². The lowest BCUT2D eigenvalue weighted by Crippen LogP contribution is -2.07. The van der Waals surface area contributed by atoms with Crippen molar-refractivity contribution in [1.29, 1.82) is 0 Å². The zero-order valence-corrected chi connectivity index (χ0v) is 18.4. The number of carbonyl (C=O) groups is 1. The lowest BCUT2D eigenvalue weighted by molar-refractivity contribution is -0.129. The number of fused-ring (bicyclic) bond motifs is 1. The summed E-state index contributed by atoms with van der Waals surface area (Å²) in [6.07, 6.45) is 1.67. The van der Waals surface area contributed by atoms with Crippen molar-refractivity contribution in [2.75, 3.05) is 7.11 Å². The molecule has 1 aliphatic heterocycles.